The Kier molecular flexibility index (Phi) is 3.35. The van der Waals surface area contributed by atoms with Crippen LogP contribution in [0.4, 0.5) is 0 Å². The third kappa shape index (κ3) is 2.15. The van der Waals surface area contributed by atoms with Crippen molar-refractivity contribution in [3.63, 3.8) is 0 Å². The average molecular weight is 261 g/mol. The second-order valence-corrected chi connectivity index (χ2v) is 4.49. The van der Waals surface area contributed by atoms with Gasteiger partial charge in [-0.2, -0.15) is 0 Å². The Morgan fingerprint density at radius 3 is 2.44 bits per heavy atom. The quantitative estimate of drug-likeness (QED) is 0.560. The topological polar surface area (TPSA) is 61.4 Å². The van der Waals surface area contributed by atoms with Gasteiger partial charge in [-0.15, -0.1) is 11.6 Å². The molecule has 0 spiro atoms. The fourth-order valence-corrected chi connectivity index (χ4v) is 2.19. The number of hydrazine groups is 1. The highest BCUT2D eigenvalue weighted by atomic mass is 35.5. The third-order valence-corrected chi connectivity index (χ3v) is 3.20. The summed E-state index contributed by atoms with van der Waals surface area (Å²) in [5.41, 5.74) is 5.80. The van der Waals surface area contributed by atoms with Gasteiger partial charge in [0.2, 0.25) is 0 Å². The minimum absolute atomic E-state index is 0.350. The summed E-state index contributed by atoms with van der Waals surface area (Å²) in [6.07, 6.45) is 0. The number of carbonyl (C=O) groups is 1. The monoisotopic (exact) mass is 260 g/mol. The van der Waals surface area contributed by atoms with Gasteiger partial charge in [0.05, 0.1) is 6.04 Å². The van der Waals surface area contributed by atoms with Crippen molar-refractivity contribution in [3.05, 3.63) is 34.9 Å². The lowest BCUT2D eigenvalue weighted by Gasteiger charge is -2.16. The molecule has 0 amide bonds. The molecule has 1 aromatic rings. The molecule has 4 nitrogen and oxygen atoms in total. The molecule has 3 N–H and O–H groups in total. The number of nitrogens with one attached hydrogen (secondary N) is 2. The molecule has 0 bridgehead atoms. The lowest BCUT2D eigenvalue weighted by Crippen LogP contribution is -2.28. The van der Waals surface area contributed by atoms with Gasteiger partial charge in [-0.25, -0.2) is 10.9 Å². The molecule has 1 aromatic carbocycles. The van der Waals surface area contributed by atoms with Crippen molar-refractivity contribution in [3.8, 4) is 0 Å². The number of carboxylic acids is 1. The molecule has 1 aliphatic heterocycles. The van der Waals surface area contributed by atoms with Crippen molar-refractivity contribution in [1.82, 2.24) is 10.9 Å². The van der Waals surface area contributed by atoms with Crippen LogP contribution >= 0.6 is 23.2 Å². The predicted octanol–water partition coefficient (Wildman–Crippen LogP) is 1.75. The van der Waals surface area contributed by atoms with Crippen molar-refractivity contribution in [1.29, 1.82) is 0 Å². The molecule has 3 atom stereocenters. The Balaban J connectivity index is 2.26. The number of aliphatic carboxylic acids is 1. The van der Waals surface area contributed by atoms with E-state index >= 15 is 0 Å². The van der Waals surface area contributed by atoms with E-state index in [0.29, 0.717) is 5.02 Å². The molecule has 3 unspecified atom stereocenters. The van der Waals surface area contributed by atoms with Gasteiger partial charge in [0.1, 0.15) is 11.4 Å². The van der Waals surface area contributed by atoms with Crippen LogP contribution in [0.3, 0.4) is 0 Å². The maximum Gasteiger partial charge on any atom is 0.311 e. The highest BCUT2D eigenvalue weighted by Crippen LogP contribution is 2.31. The molecule has 0 aromatic heterocycles. The van der Waals surface area contributed by atoms with Crippen LogP contribution in [0.25, 0.3) is 0 Å². The zero-order valence-electron chi connectivity index (χ0n) is 8.15. The van der Waals surface area contributed by atoms with Crippen molar-refractivity contribution in [2.24, 2.45) is 5.92 Å². The standard InChI is InChI=1S/C10H10Cl2N2O2/c11-6-3-1-5(2-4-6)8-7(10(15)16)9(12)14-13-8/h1-4,7-9,13-14H,(H,15,16). The number of benzene rings is 1. The van der Waals surface area contributed by atoms with E-state index in [1.807, 2.05) is 0 Å². The van der Waals surface area contributed by atoms with Crippen LogP contribution in [0.2, 0.25) is 5.02 Å². The van der Waals surface area contributed by atoms with E-state index in [1.54, 1.807) is 24.3 Å². The molecule has 86 valence electrons. The molecule has 2 rings (SSSR count). The number of rotatable bonds is 2. The predicted molar refractivity (Wildman–Crippen MR) is 61.2 cm³/mol. The van der Waals surface area contributed by atoms with Gasteiger partial charge in [-0.3, -0.25) is 4.79 Å². The van der Waals surface area contributed by atoms with Gasteiger partial charge in [0, 0.05) is 5.02 Å². The lowest BCUT2D eigenvalue weighted by atomic mass is 9.95. The maximum atomic E-state index is 11.1. The zero-order chi connectivity index (χ0) is 11.7. The maximum absolute atomic E-state index is 11.1. The van der Waals surface area contributed by atoms with Crippen molar-refractivity contribution in [2.75, 3.05) is 0 Å². The van der Waals surface area contributed by atoms with Gasteiger partial charge in [0.25, 0.3) is 0 Å². The summed E-state index contributed by atoms with van der Waals surface area (Å²) in [5, 5.41) is 9.69. The van der Waals surface area contributed by atoms with Crippen LogP contribution in [0, 0.1) is 5.92 Å². The van der Waals surface area contributed by atoms with E-state index in [4.69, 9.17) is 28.3 Å². The molecule has 0 aliphatic carbocycles. The second kappa shape index (κ2) is 4.59. The molecule has 6 heteroatoms. The largest absolute Gasteiger partial charge is 0.481 e. The van der Waals surface area contributed by atoms with Crippen LogP contribution in [0.1, 0.15) is 11.6 Å². The minimum Gasteiger partial charge on any atom is -0.481 e. The normalized spacial score (nSPS) is 29.2. The molecular formula is C10H10Cl2N2O2. The lowest BCUT2D eigenvalue weighted by molar-refractivity contribution is -0.141. The number of halogens is 2. The van der Waals surface area contributed by atoms with Crippen LogP contribution in [0.15, 0.2) is 24.3 Å². The van der Waals surface area contributed by atoms with Gasteiger partial charge in [-0.05, 0) is 17.7 Å². The molecule has 16 heavy (non-hydrogen) atoms. The highest BCUT2D eigenvalue weighted by Gasteiger charge is 2.40. The Morgan fingerprint density at radius 1 is 1.25 bits per heavy atom. The van der Waals surface area contributed by atoms with E-state index in [1.165, 1.54) is 0 Å². The van der Waals surface area contributed by atoms with Gasteiger partial charge in [0.15, 0.2) is 0 Å². The van der Waals surface area contributed by atoms with Gasteiger partial charge in [-0.1, -0.05) is 23.7 Å². The Hall–Kier alpha value is -0.810. The highest BCUT2D eigenvalue weighted by molar-refractivity contribution is 6.30. The first kappa shape index (κ1) is 11.7. The van der Waals surface area contributed by atoms with E-state index in [2.05, 4.69) is 10.9 Å². The van der Waals surface area contributed by atoms with Crippen LogP contribution in [0.5, 0.6) is 0 Å². The third-order valence-electron chi connectivity index (χ3n) is 2.57. The van der Waals surface area contributed by atoms with E-state index in [-0.39, 0.29) is 6.04 Å². The van der Waals surface area contributed by atoms with E-state index in [0.717, 1.165) is 5.56 Å². The summed E-state index contributed by atoms with van der Waals surface area (Å²) < 4.78 is 0. The van der Waals surface area contributed by atoms with Crippen LogP contribution < -0.4 is 10.9 Å². The number of hydrogen-bond acceptors (Lipinski definition) is 3. The van der Waals surface area contributed by atoms with Gasteiger partial charge >= 0.3 is 5.97 Å². The second-order valence-electron chi connectivity index (χ2n) is 3.58. The fraction of sp³-hybridized carbons (Fsp3) is 0.300. The summed E-state index contributed by atoms with van der Waals surface area (Å²) in [4.78, 5) is 11.1. The molecule has 0 radical (unpaired) electrons. The molecule has 0 saturated carbocycles. The summed E-state index contributed by atoms with van der Waals surface area (Å²) in [6.45, 7) is 0. The summed E-state index contributed by atoms with van der Waals surface area (Å²) in [5.74, 6) is -1.64. The number of hydrogen-bond donors (Lipinski definition) is 3. The smallest absolute Gasteiger partial charge is 0.311 e. The van der Waals surface area contributed by atoms with Crippen molar-refractivity contribution in [2.45, 2.75) is 11.5 Å². The minimum atomic E-state index is -0.933. The van der Waals surface area contributed by atoms with E-state index in [9.17, 15) is 4.79 Å². The fourth-order valence-electron chi connectivity index (χ4n) is 1.75. The Labute approximate surface area is 103 Å². The van der Waals surface area contributed by atoms with Gasteiger partial charge < -0.3 is 5.11 Å². The summed E-state index contributed by atoms with van der Waals surface area (Å²) in [7, 11) is 0. The number of alkyl halides is 1. The SMILES string of the molecule is O=C(O)C1C(Cl)NNC1c1ccc(Cl)cc1. The average Bonchev–Trinajstić information content (AvgIpc) is 2.61. The summed E-state index contributed by atoms with van der Waals surface area (Å²) >= 11 is 11.6. The Bertz CT molecular complexity index is 396. The van der Waals surface area contributed by atoms with Crippen LogP contribution in [-0.4, -0.2) is 16.6 Å². The Morgan fingerprint density at radius 2 is 1.88 bits per heavy atom. The molecule has 1 heterocycles. The van der Waals surface area contributed by atoms with E-state index < -0.39 is 17.4 Å². The first-order valence-corrected chi connectivity index (χ1v) is 5.54. The summed E-state index contributed by atoms with van der Waals surface area (Å²) in [6, 6.07) is 6.66. The van der Waals surface area contributed by atoms with Crippen LogP contribution in [-0.2, 0) is 4.79 Å². The first-order valence-electron chi connectivity index (χ1n) is 4.73. The zero-order valence-corrected chi connectivity index (χ0v) is 9.66. The molecule has 1 aliphatic rings. The molecule has 1 saturated heterocycles. The first-order chi connectivity index (χ1) is 7.59. The van der Waals surface area contributed by atoms with Crippen molar-refractivity contribution < 1.29 is 9.90 Å². The molecular weight excluding hydrogens is 251 g/mol. The molecule has 1 fully saturated rings. The number of carboxylic acid groups (broad SMARTS) is 1. The van der Waals surface area contributed by atoms with Crippen molar-refractivity contribution >= 4 is 29.2 Å².